The highest BCUT2D eigenvalue weighted by molar-refractivity contribution is 5.87. The van der Waals surface area contributed by atoms with Gasteiger partial charge in [0.25, 0.3) is 0 Å². The number of aromatic carboxylic acids is 1. The number of hydrogen-bond donors (Lipinski definition) is 2. The molecule has 8 nitrogen and oxygen atoms in total. The summed E-state index contributed by atoms with van der Waals surface area (Å²) in [6.45, 7) is 1.91. The number of carbonyl (C=O) groups is 1. The first-order valence-electron chi connectivity index (χ1n) is 6.14. The lowest BCUT2D eigenvalue weighted by Gasteiger charge is -2.06. The number of benzene rings is 1. The molecule has 0 fully saturated rings. The number of nitrogens with one attached hydrogen (secondary N) is 1. The lowest BCUT2D eigenvalue weighted by atomic mass is 10.1. The van der Waals surface area contributed by atoms with Crippen LogP contribution >= 0.6 is 0 Å². The van der Waals surface area contributed by atoms with Crippen molar-refractivity contribution in [1.29, 1.82) is 0 Å². The second-order valence-corrected chi connectivity index (χ2v) is 4.52. The van der Waals surface area contributed by atoms with Crippen LogP contribution in [0.1, 0.15) is 21.6 Å². The van der Waals surface area contributed by atoms with Gasteiger partial charge in [0.2, 0.25) is 5.82 Å². The molecule has 0 saturated carbocycles. The van der Waals surface area contributed by atoms with Crippen LogP contribution in [0.5, 0.6) is 0 Å². The molecule has 0 unspecified atom stereocenters. The molecule has 0 aliphatic rings. The zero-order valence-electron chi connectivity index (χ0n) is 11.5. The molecule has 1 heterocycles. The summed E-state index contributed by atoms with van der Waals surface area (Å²) in [5.41, 5.74) is 1.29. The zero-order valence-corrected chi connectivity index (χ0v) is 11.5. The number of carboxylic acid groups (broad SMARTS) is 1. The van der Waals surface area contributed by atoms with Gasteiger partial charge in [-0.3, -0.25) is 10.1 Å². The van der Waals surface area contributed by atoms with Crippen molar-refractivity contribution in [3.8, 4) is 0 Å². The van der Waals surface area contributed by atoms with Crippen molar-refractivity contribution in [3.05, 3.63) is 51.2 Å². The van der Waals surface area contributed by atoms with Crippen LogP contribution < -0.4 is 5.32 Å². The average molecular weight is 290 g/mol. The van der Waals surface area contributed by atoms with Gasteiger partial charge in [0.05, 0.1) is 10.5 Å². The van der Waals surface area contributed by atoms with Crippen LogP contribution in [-0.4, -0.2) is 25.8 Å². The van der Waals surface area contributed by atoms with Crippen molar-refractivity contribution in [2.45, 2.75) is 13.5 Å². The number of hydrogen-bond acceptors (Lipinski definition) is 5. The Morgan fingerprint density at radius 1 is 1.43 bits per heavy atom. The molecule has 0 atom stereocenters. The Labute approximate surface area is 120 Å². The van der Waals surface area contributed by atoms with Crippen LogP contribution in [0.15, 0.2) is 24.3 Å². The third kappa shape index (κ3) is 2.99. The first kappa shape index (κ1) is 14.5. The zero-order chi connectivity index (χ0) is 15.6. The van der Waals surface area contributed by atoms with E-state index < -0.39 is 10.9 Å². The molecule has 0 amide bonds. The molecule has 0 aliphatic heterocycles. The highest BCUT2D eigenvalue weighted by Gasteiger charge is 2.23. The van der Waals surface area contributed by atoms with Gasteiger partial charge in [0.15, 0.2) is 0 Å². The summed E-state index contributed by atoms with van der Waals surface area (Å²) >= 11 is 0. The predicted molar refractivity (Wildman–Crippen MR) is 75.3 cm³/mol. The Kier molecular flexibility index (Phi) is 3.88. The average Bonchev–Trinajstić information content (AvgIpc) is 2.71. The second kappa shape index (κ2) is 5.61. The largest absolute Gasteiger partial charge is 0.478 e. The molecular weight excluding hydrogens is 276 g/mol. The summed E-state index contributed by atoms with van der Waals surface area (Å²) in [4.78, 5) is 21.3. The van der Waals surface area contributed by atoms with Gasteiger partial charge in [-0.25, -0.2) is 9.48 Å². The topological polar surface area (TPSA) is 110 Å². The molecule has 110 valence electrons. The van der Waals surface area contributed by atoms with Crippen molar-refractivity contribution < 1.29 is 14.8 Å². The maximum atomic E-state index is 11.0. The first-order chi connectivity index (χ1) is 9.90. The lowest BCUT2D eigenvalue weighted by molar-refractivity contribution is -0.384. The second-order valence-electron chi connectivity index (χ2n) is 4.52. The fraction of sp³-hybridized carbons (Fsp3) is 0.231. The van der Waals surface area contributed by atoms with E-state index in [1.54, 1.807) is 26.1 Å². The van der Waals surface area contributed by atoms with Crippen molar-refractivity contribution in [3.63, 3.8) is 0 Å². The molecule has 0 radical (unpaired) electrons. The number of anilines is 1. The lowest BCUT2D eigenvalue weighted by Crippen LogP contribution is -2.06. The third-order valence-electron chi connectivity index (χ3n) is 3.03. The first-order valence-corrected chi connectivity index (χ1v) is 6.14. The van der Waals surface area contributed by atoms with Crippen LogP contribution in [0.2, 0.25) is 0 Å². The van der Waals surface area contributed by atoms with Crippen LogP contribution in [0, 0.1) is 17.0 Å². The number of rotatable bonds is 5. The molecule has 0 aliphatic carbocycles. The van der Waals surface area contributed by atoms with Crippen molar-refractivity contribution in [2.24, 2.45) is 7.05 Å². The van der Waals surface area contributed by atoms with E-state index in [0.717, 1.165) is 5.56 Å². The summed E-state index contributed by atoms with van der Waals surface area (Å²) in [5, 5.41) is 26.8. The molecule has 0 bridgehead atoms. The molecule has 8 heteroatoms. The predicted octanol–water partition coefficient (Wildman–Crippen LogP) is 1.95. The van der Waals surface area contributed by atoms with Gasteiger partial charge in [-0.15, -0.1) is 0 Å². The van der Waals surface area contributed by atoms with E-state index in [-0.39, 0.29) is 11.3 Å². The quantitative estimate of drug-likeness (QED) is 0.643. The van der Waals surface area contributed by atoms with Gasteiger partial charge in [0, 0.05) is 13.6 Å². The Morgan fingerprint density at radius 3 is 2.57 bits per heavy atom. The Bertz CT molecular complexity index is 691. The van der Waals surface area contributed by atoms with E-state index in [9.17, 15) is 14.9 Å². The standard InChI is InChI=1S/C13H14N4O4/c1-8-11(17(20)21)12(16(2)15-8)14-7-9-3-5-10(6-4-9)13(18)19/h3-6,14H,7H2,1-2H3,(H,18,19). The molecule has 2 rings (SSSR count). The molecule has 0 spiro atoms. The number of nitro groups is 1. The van der Waals surface area contributed by atoms with Crippen molar-refractivity contribution >= 4 is 17.5 Å². The summed E-state index contributed by atoms with van der Waals surface area (Å²) in [6, 6.07) is 6.29. The number of aromatic nitrogens is 2. The molecule has 2 aromatic rings. The molecule has 1 aromatic carbocycles. The van der Waals surface area contributed by atoms with Crippen LogP contribution in [-0.2, 0) is 13.6 Å². The highest BCUT2D eigenvalue weighted by atomic mass is 16.6. The minimum absolute atomic E-state index is 0.0559. The smallest absolute Gasteiger partial charge is 0.335 e. The van der Waals surface area contributed by atoms with E-state index in [1.807, 2.05) is 0 Å². The fourth-order valence-corrected chi connectivity index (χ4v) is 2.01. The number of nitrogens with zero attached hydrogens (tertiary/aromatic N) is 3. The molecule has 2 N–H and O–H groups in total. The monoisotopic (exact) mass is 290 g/mol. The van der Waals surface area contributed by atoms with Gasteiger partial charge in [-0.05, 0) is 24.6 Å². The van der Waals surface area contributed by atoms with Gasteiger partial charge < -0.3 is 10.4 Å². The van der Waals surface area contributed by atoms with E-state index in [0.29, 0.717) is 18.1 Å². The minimum atomic E-state index is -0.993. The fourth-order valence-electron chi connectivity index (χ4n) is 2.01. The maximum Gasteiger partial charge on any atom is 0.335 e. The molecular formula is C13H14N4O4. The van der Waals surface area contributed by atoms with Crippen LogP contribution in [0.4, 0.5) is 11.5 Å². The third-order valence-corrected chi connectivity index (χ3v) is 3.03. The van der Waals surface area contributed by atoms with E-state index in [1.165, 1.54) is 16.8 Å². The normalized spacial score (nSPS) is 10.4. The summed E-state index contributed by atoms with van der Waals surface area (Å²) in [6.07, 6.45) is 0. The number of aryl methyl sites for hydroxylation is 2. The summed E-state index contributed by atoms with van der Waals surface area (Å²) in [5.74, 6) is -0.674. The van der Waals surface area contributed by atoms with Gasteiger partial charge in [-0.1, -0.05) is 12.1 Å². The van der Waals surface area contributed by atoms with E-state index >= 15 is 0 Å². The van der Waals surface area contributed by atoms with Crippen molar-refractivity contribution in [1.82, 2.24) is 9.78 Å². The molecule has 21 heavy (non-hydrogen) atoms. The maximum absolute atomic E-state index is 11.0. The van der Waals surface area contributed by atoms with Crippen LogP contribution in [0.3, 0.4) is 0 Å². The summed E-state index contributed by atoms with van der Waals surface area (Å²) in [7, 11) is 1.62. The van der Waals surface area contributed by atoms with E-state index in [4.69, 9.17) is 5.11 Å². The molecule has 1 aromatic heterocycles. The van der Waals surface area contributed by atoms with Gasteiger partial charge in [0.1, 0.15) is 5.69 Å². The van der Waals surface area contributed by atoms with Crippen LogP contribution in [0.25, 0.3) is 0 Å². The van der Waals surface area contributed by atoms with Gasteiger partial charge in [-0.2, -0.15) is 5.10 Å². The SMILES string of the molecule is Cc1nn(C)c(NCc2ccc(C(=O)O)cc2)c1[N+](=O)[O-]. The van der Waals surface area contributed by atoms with E-state index in [2.05, 4.69) is 10.4 Å². The Balaban J connectivity index is 2.16. The Hall–Kier alpha value is -2.90. The summed E-state index contributed by atoms with van der Waals surface area (Å²) < 4.78 is 1.42. The number of carboxylic acids is 1. The highest BCUT2D eigenvalue weighted by Crippen LogP contribution is 2.27. The minimum Gasteiger partial charge on any atom is -0.478 e. The van der Waals surface area contributed by atoms with Gasteiger partial charge >= 0.3 is 11.7 Å². The molecule has 0 saturated heterocycles. The van der Waals surface area contributed by atoms with Crippen molar-refractivity contribution in [2.75, 3.05) is 5.32 Å². The Morgan fingerprint density at radius 2 is 2.05 bits per heavy atom.